The van der Waals surface area contributed by atoms with Crippen molar-refractivity contribution in [2.24, 2.45) is 0 Å². The predicted molar refractivity (Wildman–Crippen MR) is 84.1 cm³/mol. The van der Waals surface area contributed by atoms with Crippen LogP contribution < -0.4 is 9.47 Å². The van der Waals surface area contributed by atoms with Crippen molar-refractivity contribution in [2.45, 2.75) is 25.9 Å². The first kappa shape index (κ1) is 15.4. The first-order valence-corrected chi connectivity index (χ1v) is 7.07. The fraction of sp³-hybridized carbons (Fsp3) is 0.333. The average molecular weight is 286 g/mol. The molecule has 0 aliphatic rings. The Hall–Kier alpha value is -2.00. The summed E-state index contributed by atoms with van der Waals surface area (Å²) in [6, 6.07) is 14.0. The van der Waals surface area contributed by atoms with Gasteiger partial charge in [-0.1, -0.05) is 35.9 Å². The van der Waals surface area contributed by atoms with Gasteiger partial charge in [0, 0.05) is 0 Å². The van der Waals surface area contributed by atoms with E-state index in [1.54, 1.807) is 14.2 Å². The molecule has 0 fully saturated rings. The number of ether oxygens (including phenoxy) is 2. The van der Waals surface area contributed by atoms with E-state index in [-0.39, 0.29) is 0 Å². The first-order valence-electron chi connectivity index (χ1n) is 7.07. The van der Waals surface area contributed by atoms with Gasteiger partial charge in [-0.2, -0.15) is 0 Å². The number of benzene rings is 2. The van der Waals surface area contributed by atoms with E-state index in [0.29, 0.717) is 24.3 Å². The predicted octanol–water partition coefficient (Wildman–Crippen LogP) is 3.16. The number of aryl methyl sites for hydroxylation is 1. The Morgan fingerprint density at radius 3 is 2.19 bits per heavy atom. The minimum Gasteiger partial charge on any atom is -0.493 e. The molecule has 0 aliphatic carbocycles. The number of hydrogen-bond donors (Lipinski definition) is 1. The van der Waals surface area contributed by atoms with Gasteiger partial charge >= 0.3 is 0 Å². The molecule has 0 aromatic heterocycles. The van der Waals surface area contributed by atoms with Crippen molar-refractivity contribution in [3.05, 3.63) is 59.2 Å². The molecule has 1 unspecified atom stereocenters. The van der Waals surface area contributed by atoms with E-state index in [1.807, 2.05) is 30.3 Å². The maximum atomic E-state index is 10.3. The topological polar surface area (TPSA) is 38.7 Å². The lowest BCUT2D eigenvalue weighted by Gasteiger charge is -2.13. The maximum absolute atomic E-state index is 10.3. The average Bonchev–Trinajstić information content (AvgIpc) is 2.47. The van der Waals surface area contributed by atoms with Crippen LogP contribution in [0.4, 0.5) is 0 Å². The van der Waals surface area contributed by atoms with Gasteiger partial charge < -0.3 is 14.6 Å². The van der Waals surface area contributed by atoms with Gasteiger partial charge in [0.05, 0.1) is 20.3 Å². The summed E-state index contributed by atoms with van der Waals surface area (Å²) in [5.74, 6) is 1.40. The van der Waals surface area contributed by atoms with E-state index < -0.39 is 6.10 Å². The second-order valence-corrected chi connectivity index (χ2v) is 5.24. The lowest BCUT2D eigenvalue weighted by molar-refractivity contribution is 0.175. The summed E-state index contributed by atoms with van der Waals surface area (Å²) in [7, 11) is 3.23. The van der Waals surface area contributed by atoms with Gasteiger partial charge in [-0.15, -0.1) is 0 Å². The van der Waals surface area contributed by atoms with Gasteiger partial charge in [0.25, 0.3) is 0 Å². The molecule has 2 aromatic carbocycles. The van der Waals surface area contributed by atoms with Crippen molar-refractivity contribution in [3.8, 4) is 11.5 Å². The number of aliphatic hydroxyl groups excluding tert-OH is 1. The molecule has 2 rings (SSSR count). The van der Waals surface area contributed by atoms with Crippen LogP contribution in [0.15, 0.2) is 42.5 Å². The van der Waals surface area contributed by atoms with Crippen LogP contribution >= 0.6 is 0 Å². The van der Waals surface area contributed by atoms with Crippen molar-refractivity contribution in [2.75, 3.05) is 14.2 Å². The van der Waals surface area contributed by atoms with Crippen molar-refractivity contribution >= 4 is 0 Å². The third-order valence-corrected chi connectivity index (χ3v) is 3.47. The van der Waals surface area contributed by atoms with E-state index in [9.17, 15) is 5.11 Å². The lowest BCUT2D eigenvalue weighted by Crippen LogP contribution is -2.14. The molecule has 0 spiro atoms. The number of hydrogen-bond acceptors (Lipinski definition) is 3. The van der Waals surface area contributed by atoms with E-state index in [2.05, 4.69) is 19.1 Å². The van der Waals surface area contributed by atoms with Crippen molar-refractivity contribution in [3.63, 3.8) is 0 Å². The zero-order valence-corrected chi connectivity index (χ0v) is 12.8. The highest BCUT2D eigenvalue weighted by Crippen LogP contribution is 2.28. The molecule has 0 bridgehead atoms. The number of rotatable bonds is 6. The summed E-state index contributed by atoms with van der Waals surface area (Å²) in [4.78, 5) is 0. The second kappa shape index (κ2) is 7.14. The third-order valence-electron chi connectivity index (χ3n) is 3.47. The molecule has 21 heavy (non-hydrogen) atoms. The molecule has 0 aliphatic heterocycles. The molecule has 3 nitrogen and oxygen atoms in total. The minimum atomic E-state index is -0.412. The second-order valence-electron chi connectivity index (χ2n) is 5.24. The van der Waals surface area contributed by atoms with Crippen LogP contribution in [0.5, 0.6) is 11.5 Å². The molecule has 0 saturated carbocycles. The summed E-state index contributed by atoms with van der Waals surface area (Å²) < 4.78 is 10.5. The molecular formula is C18H22O3. The van der Waals surface area contributed by atoms with Crippen LogP contribution in [0, 0.1) is 6.92 Å². The van der Waals surface area contributed by atoms with E-state index in [4.69, 9.17) is 9.47 Å². The van der Waals surface area contributed by atoms with Gasteiger partial charge in [-0.3, -0.25) is 0 Å². The Morgan fingerprint density at radius 2 is 1.57 bits per heavy atom. The molecule has 0 saturated heterocycles. The molecule has 112 valence electrons. The normalized spacial score (nSPS) is 12.0. The van der Waals surface area contributed by atoms with Crippen LogP contribution in [0.3, 0.4) is 0 Å². The Balaban J connectivity index is 2.04. The van der Waals surface area contributed by atoms with E-state index in [1.165, 1.54) is 5.56 Å². The van der Waals surface area contributed by atoms with Crippen LogP contribution in [-0.4, -0.2) is 25.4 Å². The van der Waals surface area contributed by atoms with Gasteiger partial charge in [0.15, 0.2) is 11.5 Å². The molecule has 2 aromatic rings. The summed E-state index contributed by atoms with van der Waals surface area (Å²) >= 11 is 0. The lowest BCUT2D eigenvalue weighted by atomic mass is 10.00. The minimum absolute atomic E-state index is 0.412. The Morgan fingerprint density at radius 1 is 0.905 bits per heavy atom. The summed E-state index contributed by atoms with van der Waals surface area (Å²) in [5.41, 5.74) is 3.40. The molecule has 3 heteroatoms. The monoisotopic (exact) mass is 286 g/mol. The zero-order chi connectivity index (χ0) is 15.2. The quantitative estimate of drug-likeness (QED) is 0.886. The maximum Gasteiger partial charge on any atom is 0.160 e. The zero-order valence-electron chi connectivity index (χ0n) is 12.8. The molecule has 1 atom stereocenters. The molecule has 1 N–H and O–H groups in total. The van der Waals surface area contributed by atoms with Crippen molar-refractivity contribution in [1.29, 1.82) is 0 Å². The van der Waals surface area contributed by atoms with Crippen molar-refractivity contribution < 1.29 is 14.6 Å². The van der Waals surface area contributed by atoms with Crippen LogP contribution in [0.25, 0.3) is 0 Å². The fourth-order valence-corrected chi connectivity index (χ4v) is 2.46. The Bertz CT molecular complexity index is 593. The highest BCUT2D eigenvalue weighted by molar-refractivity contribution is 5.43. The molecule has 0 radical (unpaired) electrons. The number of aliphatic hydroxyl groups is 1. The Labute approximate surface area is 126 Å². The fourth-order valence-electron chi connectivity index (χ4n) is 2.46. The number of methoxy groups -OCH3 is 2. The summed E-state index contributed by atoms with van der Waals surface area (Å²) in [5, 5.41) is 10.3. The van der Waals surface area contributed by atoms with Gasteiger partial charge in [0.2, 0.25) is 0 Å². The van der Waals surface area contributed by atoms with Crippen molar-refractivity contribution in [1.82, 2.24) is 0 Å². The molecule has 0 heterocycles. The first-order chi connectivity index (χ1) is 10.1. The van der Waals surface area contributed by atoms with Crippen LogP contribution in [-0.2, 0) is 12.8 Å². The highest BCUT2D eigenvalue weighted by Gasteiger charge is 2.10. The van der Waals surface area contributed by atoms with E-state index >= 15 is 0 Å². The standard InChI is InChI=1S/C18H22O3/c1-13-5-4-6-14(9-13)10-16(19)11-15-7-8-17(20-2)18(12-15)21-3/h4-9,12,16,19H,10-11H2,1-3H3. The highest BCUT2D eigenvalue weighted by atomic mass is 16.5. The molecular weight excluding hydrogens is 264 g/mol. The Kier molecular flexibility index (Phi) is 5.23. The molecule has 0 amide bonds. The van der Waals surface area contributed by atoms with Crippen LogP contribution in [0.2, 0.25) is 0 Å². The van der Waals surface area contributed by atoms with Crippen LogP contribution in [0.1, 0.15) is 16.7 Å². The van der Waals surface area contributed by atoms with Gasteiger partial charge in [-0.25, -0.2) is 0 Å². The SMILES string of the molecule is COc1ccc(CC(O)Cc2cccc(C)c2)cc1OC. The smallest absolute Gasteiger partial charge is 0.160 e. The van der Waals surface area contributed by atoms with E-state index in [0.717, 1.165) is 11.1 Å². The third kappa shape index (κ3) is 4.23. The largest absolute Gasteiger partial charge is 0.493 e. The summed E-state index contributed by atoms with van der Waals surface area (Å²) in [6.45, 7) is 2.06. The van der Waals surface area contributed by atoms with Gasteiger partial charge in [0.1, 0.15) is 0 Å². The summed E-state index contributed by atoms with van der Waals surface area (Å²) in [6.07, 6.45) is 0.828. The van der Waals surface area contributed by atoms with Gasteiger partial charge in [-0.05, 0) is 43.0 Å².